The lowest BCUT2D eigenvalue weighted by Crippen LogP contribution is -2.40. The van der Waals surface area contributed by atoms with Crippen molar-refractivity contribution in [2.75, 3.05) is 37.4 Å². The van der Waals surface area contributed by atoms with Gasteiger partial charge in [0.2, 0.25) is 15.9 Å². The number of aromatic nitrogens is 3. The van der Waals surface area contributed by atoms with Gasteiger partial charge in [0.05, 0.1) is 35.1 Å². The summed E-state index contributed by atoms with van der Waals surface area (Å²) in [5, 5.41) is 12.2. The number of nitrogens with one attached hydrogen (secondary N) is 1. The van der Waals surface area contributed by atoms with Crippen LogP contribution in [0.2, 0.25) is 0 Å². The number of amides is 1. The number of carbonyl (C=O) groups is 2. The Hall–Kier alpha value is -3.26. The highest BCUT2D eigenvalue weighted by atomic mass is 32.2. The van der Waals surface area contributed by atoms with Crippen LogP contribution in [-0.2, 0) is 30.8 Å². The number of ether oxygens (including phenoxy) is 2. The van der Waals surface area contributed by atoms with E-state index in [1.54, 1.807) is 42.5 Å². The maximum Gasteiger partial charge on any atom is 0.340 e. The molecule has 5 rings (SSSR count). The molecule has 260 valence electrons. The summed E-state index contributed by atoms with van der Waals surface area (Å²) in [5.74, 6) is 1.27. The minimum atomic E-state index is -3.70. The zero-order valence-corrected chi connectivity index (χ0v) is 30.1. The summed E-state index contributed by atoms with van der Waals surface area (Å²) < 4.78 is 41.4. The van der Waals surface area contributed by atoms with Gasteiger partial charge in [-0.2, -0.15) is 4.31 Å². The van der Waals surface area contributed by atoms with E-state index in [0.717, 1.165) is 19.3 Å². The number of hydrogen-bond donors (Lipinski definition) is 1. The molecule has 0 spiro atoms. The van der Waals surface area contributed by atoms with Crippen molar-refractivity contribution >= 4 is 39.3 Å². The van der Waals surface area contributed by atoms with Gasteiger partial charge in [0.1, 0.15) is 6.10 Å². The van der Waals surface area contributed by atoms with Crippen LogP contribution in [0.3, 0.4) is 0 Å². The first-order valence-corrected chi connectivity index (χ1v) is 19.2. The Bertz CT molecular complexity index is 1690. The van der Waals surface area contributed by atoms with E-state index in [2.05, 4.69) is 50.1 Å². The van der Waals surface area contributed by atoms with E-state index in [1.165, 1.54) is 16.1 Å². The molecule has 2 aromatic carbocycles. The lowest BCUT2D eigenvalue weighted by molar-refractivity contribution is -0.113. The molecule has 1 N–H and O–H groups in total. The maximum atomic E-state index is 13.4. The third kappa shape index (κ3) is 8.66. The van der Waals surface area contributed by atoms with Crippen LogP contribution in [0.15, 0.2) is 58.6 Å². The molecule has 48 heavy (non-hydrogen) atoms. The molecule has 1 saturated carbocycles. The summed E-state index contributed by atoms with van der Waals surface area (Å²) in [6.45, 7) is 12.6. The highest BCUT2D eigenvalue weighted by Gasteiger charge is 2.34. The second-order valence-electron chi connectivity index (χ2n) is 13.5. The van der Waals surface area contributed by atoms with Gasteiger partial charge < -0.3 is 19.4 Å². The molecule has 0 unspecified atom stereocenters. The molecule has 1 aliphatic heterocycles. The summed E-state index contributed by atoms with van der Waals surface area (Å²) in [4.78, 5) is 26.8. The SMILES string of the molecule is CC(C)Cn1c(SCC(=O)Nc2ccccc2C(=O)O[C@H]2C[C@@H](C)CC[C@@H]2C(C)C)nnc1-c1cccc(S(=O)(=O)N2CCOCC2)c1. The van der Waals surface area contributed by atoms with E-state index >= 15 is 0 Å². The molecule has 1 amide bonds. The number of hydrogen-bond acceptors (Lipinski definition) is 9. The first kappa shape index (κ1) is 36.0. The van der Waals surface area contributed by atoms with Crippen LogP contribution < -0.4 is 5.32 Å². The van der Waals surface area contributed by atoms with Crippen molar-refractivity contribution in [3.05, 3.63) is 54.1 Å². The summed E-state index contributed by atoms with van der Waals surface area (Å²) in [6.07, 6.45) is 2.86. The van der Waals surface area contributed by atoms with Gasteiger partial charge in [-0.3, -0.25) is 4.79 Å². The van der Waals surface area contributed by atoms with E-state index in [4.69, 9.17) is 9.47 Å². The summed E-state index contributed by atoms with van der Waals surface area (Å²) in [5.41, 5.74) is 1.35. The fourth-order valence-corrected chi connectivity index (χ4v) is 8.61. The minimum absolute atomic E-state index is 0.0284. The molecular formula is C35H47N5O6S2. The van der Waals surface area contributed by atoms with E-state index in [9.17, 15) is 18.0 Å². The predicted molar refractivity (Wildman–Crippen MR) is 186 cm³/mol. The maximum absolute atomic E-state index is 13.4. The number of benzene rings is 2. The van der Waals surface area contributed by atoms with E-state index in [-0.39, 0.29) is 28.6 Å². The predicted octanol–water partition coefficient (Wildman–Crippen LogP) is 5.97. The number of sulfonamides is 1. The van der Waals surface area contributed by atoms with Crippen LogP contribution >= 0.6 is 11.8 Å². The molecule has 0 radical (unpaired) electrons. The van der Waals surface area contributed by atoms with Gasteiger partial charge in [-0.15, -0.1) is 10.2 Å². The Morgan fingerprint density at radius 3 is 2.52 bits per heavy atom. The molecule has 1 aromatic heterocycles. The number of esters is 1. The molecule has 1 aliphatic carbocycles. The van der Waals surface area contributed by atoms with Gasteiger partial charge in [-0.05, 0) is 60.8 Å². The van der Waals surface area contributed by atoms with Crippen LogP contribution in [0.1, 0.15) is 64.2 Å². The Morgan fingerprint density at radius 1 is 1.04 bits per heavy atom. The summed E-state index contributed by atoms with van der Waals surface area (Å²) >= 11 is 1.23. The van der Waals surface area contributed by atoms with Crippen molar-refractivity contribution < 1.29 is 27.5 Å². The van der Waals surface area contributed by atoms with Gasteiger partial charge in [-0.25, -0.2) is 13.2 Å². The van der Waals surface area contributed by atoms with Gasteiger partial charge in [0.15, 0.2) is 11.0 Å². The standard InChI is InChI=1S/C35H47N5O6S2/c1-23(2)21-40-33(26-9-8-10-27(20-26)48(43,44)39-15-17-45-18-16-39)37-38-35(40)47-22-32(41)36-30-12-7-6-11-29(30)34(42)46-31-19-25(5)13-14-28(31)24(3)4/h6-12,20,23-25,28,31H,13-19,21-22H2,1-5H3,(H,36,41)/t25-,28+,31-/m0/s1. The lowest BCUT2D eigenvalue weighted by Gasteiger charge is -2.36. The van der Waals surface area contributed by atoms with Crippen molar-refractivity contribution in [2.24, 2.45) is 23.7 Å². The summed E-state index contributed by atoms with van der Waals surface area (Å²) in [6, 6.07) is 13.7. The third-order valence-corrected chi connectivity index (χ3v) is 11.8. The number of morpholine rings is 1. The Kier molecular flexibility index (Phi) is 12.0. The smallest absolute Gasteiger partial charge is 0.340 e. The van der Waals surface area contributed by atoms with Gasteiger partial charge in [0, 0.05) is 25.2 Å². The van der Waals surface area contributed by atoms with Crippen molar-refractivity contribution in [1.82, 2.24) is 19.1 Å². The Labute approximate surface area is 288 Å². The molecule has 3 aromatic rings. The minimum Gasteiger partial charge on any atom is -0.458 e. The number of anilines is 1. The van der Waals surface area contributed by atoms with Crippen LogP contribution in [0.25, 0.3) is 11.4 Å². The third-order valence-electron chi connectivity index (χ3n) is 8.94. The number of rotatable bonds is 12. The molecule has 1 saturated heterocycles. The molecule has 2 aliphatic rings. The van der Waals surface area contributed by atoms with Gasteiger partial charge in [0.25, 0.3) is 0 Å². The molecule has 2 fully saturated rings. The van der Waals surface area contributed by atoms with Crippen LogP contribution in [0.5, 0.6) is 0 Å². The molecule has 0 bridgehead atoms. The highest BCUT2D eigenvalue weighted by Crippen LogP contribution is 2.36. The molecule has 13 heteroatoms. The molecular weight excluding hydrogens is 651 g/mol. The van der Waals surface area contributed by atoms with Crippen molar-refractivity contribution in [3.8, 4) is 11.4 Å². The van der Waals surface area contributed by atoms with E-state index in [0.29, 0.717) is 78.4 Å². The largest absolute Gasteiger partial charge is 0.458 e. The molecule has 3 atom stereocenters. The van der Waals surface area contributed by atoms with Gasteiger partial charge in [-0.1, -0.05) is 77.1 Å². The Balaban J connectivity index is 1.29. The van der Waals surface area contributed by atoms with E-state index < -0.39 is 16.0 Å². The van der Waals surface area contributed by atoms with Crippen LogP contribution in [0, 0.1) is 23.7 Å². The van der Waals surface area contributed by atoms with Gasteiger partial charge >= 0.3 is 5.97 Å². The fourth-order valence-electron chi connectivity index (χ4n) is 6.41. The number of carbonyl (C=O) groups excluding carboxylic acids is 2. The zero-order chi connectivity index (χ0) is 34.4. The average Bonchev–Trinajstić information content (AvgIpc) is 3.45. The quantitative estimate of drug-likeness (QED) is 0.180. The number of thioether (sulfide) groups is 1. The fraction of sp³-hybridized carbons (Fsp3) is 0.543. The lowest BCUT2D eigenvalue weighted by atomic mass is 9.75. The second kappa shape index (κ2) is 16.0. The zero-order valence-electron chi connectivity index (χ0n) is 28.4. The summed E-state index contributed by atoms with van der Waals surface area (Å²) in [7, 11) is -3.70. The molecule has 11 nitrogen and oxygen atoms in total. The number of nitrogens with zero attached hydrogens (tertiary/aromatic N) is 4. The van der Waals surface area contributed by atoms with Crippen molar-refractivity contribution in [2.45, 2.75) is 76.6 Å². The second-order valence-corrected chi connectivity index (χ2v) is 16.4. The first-order valence-electron chi connectivity index (χ1n) is 16.8. The van der Waals surface area contributed by atoms with E-state index in [1.807, 2.05) is 10.6 Å². The van der Waals surface area contributed by atoms with Crippen LogP contribution in [0.4, 0.5) is 5.69 Å². The average molecular weight is 698 g/mol. The van der Waals surface area contributed by atoms with Crippen LogP contribution in [-0.4, -0.2) is 77.5 Å². The first-order chi connectivity index (χ1) is 22.9. The van der Waals surface area contributed by atoms with Crippen molar-refractivity contribution in [1.29, 1.82) is 0 Å². The normalized spacial score (nSPS) is 20.6. The topological polar surface area (TPSA) is 133 Å². The highest BCUT2D eigenvalue weighted by molar-refractivity contribution is 7.99. The number of para-hydroxylation sites is 1. The van der Waals surface area contributed by atoms with Crippen molar-refractivity contribution in [3.63, 3.8) is 0 Å². The molecule has 2 heterocycles. The monoisotopic (exact) mass is 697 g/mol. The Morgan fingerprint density at radius 2 is 1.79 bits per heavy atom.